The number of rotatable bonds is 6. The van der Waals surface area contributed by atoms with Gasteiger partial charge in [-0.25, -0.2) is 13.1 Å². The van der Waals surface area contributed by atoms with E-state index in [1.807, 2.05) is 13.8 Å². The van der Waals surface area contributed by atoms with E-state index in [0.29, 0.717) is 18.5 Å². The molecule has 1 heterocycles. The summed E-state index contributed by atoms with van der Waals surface area (Å²) >= 11 is 0. The number of halogens is 1. The van der Waals surface area contributed by atoms with Gasteiger partial charge in [0, 0.05) is 12.6 Å². The molecule has 4 nitrogen and oxygen atoms in total. The summed E-state index contributed by atoms with van der Waals surface area (Å²) in [6.45, 7) is 5.63. The van der Waals surface area contributed by atoms with E-state index in [1.54, 1.807) is 0 Å². The van der Waals surface area contributed by atoms with Crippen LogP contribution in [0.15, 0.2) is 0 Å². The summed E-state index contributed by atoms with van der Waals surface area (Å²) in [5.74, 6) is 0.684. The second-order valence-corrected chi connectivity index (χ2v) is 6.57. The standard InChI is InChI=1S/C10H22N2O2S.ClH/c1-9(2)5-7-15(13,14)12-8-10-4-3-6-11-10;/h9-12H,3-8H2,1-2H3;1H. The molecule has 98 valence electrons. The van der Waals surface area contributed by atoms with Gasteiger partial charge in [-0.3, -0.25) is 0 Å². The molecule has 0 aromatic carbocycles. The number of hydrogen-bond acceptors (Lipinski definition) is 3. The molecule has 0 aromatic heterocycles. The van der Waals surface area contributed by atoms with Crippen LogP contribution in [0.5, 0.6) is 0 Å². The van der Waals surface area contributed by atoms with Gasteiger partial charge >= 0.3 is 0 Å². The first-order valence-electron chi connectivity index (χ1n) is 5.70. The second-order valence-electron chi connectivity index (χ2n) is 4.64. The fourth-order valence-corrected chi connectivity index (χ4v) is 3.00. The molecule has 1 unspecified atom stereocenters. The molecule has 1 aliphatic rings. The highest BCUT2D eigenvalue weighted by Crippen LogP contribution is 2.05. The molecule has 1 aliphatic heterocycles. The Balaban J connectivity index is 0.00000225. The van der Waals surface area contributed by atoms with Gasteiger partial charge in [0.25, 0.3) is 0 Å². The Bertz CT molecular complexity index is 275. The van der Waals surface area contributed by atoms with Gasteiger partial charge in [0.1, 0.15) is 0 Å². The molecule has 2 N–H and O–H groups in total. The van der Waals surface area contributed by atoms with Crippen molar-refractivity contribution in [1.82, 2.24) is 10.0 Å². The van der Waals surface area contributed by atoms with Crippen molar-refractivity contribution in [3.63, 3.8) is 0 Å². The van der Waals surface area contributed by atoms with E-state index in [2.05, 4.69) is 10.0 Å². The van der Waals surface area contributed by atoms with Crippen LogP contribution in [0, 0.1) is 5.92 Å². The van der Waals surface area contributed by atoms with Crippen molar-refractivity contribution in [2.24, 2.45) is 5.92 Å². The molecule has 0 aliphatic carbocycles. The van der Waals surface area contributed by atoms with Gasteiger partial charge in [-0.1, -0.05) is 13.8 Å². The van der Waals surface area contributed by atoms with Crippen molar-refractivity contribution in [3.05, 3.63) is 0 Å². The lowest BCUT2D eigenvalue weighted by Gasteiger charge is -2.12. The Morgan fingerprint density at radius 2 is 2.12 bits per heavy atom. The van der Waals surface area contributed by atoms with Crippen LogP contribution in [-0.4, -0.2) is 33.3 Å². The molecule has 6 heteroatoms. The zero-order valence-corrected chi connectivity index (χ0v) is 11.7. The van der Waals surface area contributed by atoms with E-state index in [1.165, 1.54) is 0 Å². The summed E-state index contributed by atoms with van der Waals surface area (Å²) < 4.78 is 25.8. The average molecular weight is 271 g/mol. The molecule has 1 saturated heterocycles. The summed E-state index contributed by atoms with van der Waals surface area (Å²) in [7, 11) is -3.05. The SMILES string of the molecule is CC(C)CCS(=O)(=O)NCC1CCCN1.Cl. The Hall–Kier alpha value is 0.160. The van der Waals surface area contributed by atoms with Gasteiger partial charge in [0.05, 0.1) is 5.75 Å². The third-order valence-corrected chi connectivity index (χ3v) is 4.06. The third kappa shape index (κ3) is 6.68. The molecule has 0 radical (unpaired) electrons. The zero-order valence-electron chi connectivity index (χ0n) is 10.0. The molecule has 1 rings (SSSR count). The molecule has 16 heavy (non-hydrogen) atoms. The van der Waals surface area contributed by atoms with Gasteiger partial charge in [0.15, 0.2) is 0 Å². The lowest BCUT2D eigenvalue weighted by Crippen LogP contribution is -2.38. The predicted octanol–water partition coefficient (Wildman–Crippen LogP) is 1.13. The summed E-state index contributed by atoms with van der Waals surface area (Å²) in [4.78, 5) is 0. The average Bonchev–Trinajstić information content (AvgIpc) is 2.65. The van der Waals surface area contributed by atoms with Crippen molar-refractivity contribution >= 4 is 22.4 Å². The lowest BCUT2D eigenvalue weighted by atomic mass is 10.2. The van der Waals surface area contributed by atoms with E-state index in [0.717, 1.165) is 25.8 Å². The topological polar surface area (TPSA) is 58.2 Å². The summed E-state index contributed by atoms with van der Waals surface area (Å²) in [6, 6.07) is 0.332. The molecule has 1 fully saturated rings. The van der Waals surface area contributed by atoms with Gasteiger partial charge in [-0.15, -0.1) is 12.4 Å². The van der Waals surface area contributed by atoms with Gasteiger partial charge in [-0.2, -0.15) is 0 Å². The number of nitrogens with one attached hydrogen (secondary N) is 2. The van der Waals surface area contributed by atoms with Crippen LogP contribution in [-0.2, 0) is 10.0 Å². The quantitative estimate of drug-likeness (QED) is 0.761. The lowest BCUT2D eigenvalue weighted by molar-refractivity contribution is 0.541. The minimum Gasteiger partial charge on any atom is -0.313 e. The molecular weight excluding hydrogens is 248 g/mol. The highest BCUT2D eigenvalue weighted by atomic mass is 35.5. The molecule has 0 spiro atoms. The molecular formula is C10H23ClN2O2S. The molecule has 0 aromatic rings. The second kappa shape index (κ2) is 7.48. The number of sulfonamides is 1. The van der Waals surface area contributed by atoms with Gasteiger partial charge < -0.3 is 5.32 Å². The van der Waals surface area contributed by atoms with Crippen LogP contribution in [0.4, 0.5) is 0 Å². The van der Waals surface area contributed by atoms with Crippen molar-refractivity contribution in [2.75, 3.05) is 18.8 Å². The Kier molecular flexibility index (Phi) is 7.55. The van der Waals surface area contributed by atoms with E-state index in [-0.39, 0.29) is 18.2 Å². The fraction of sp³-hybridized carbons (Fsp3) is 1.00. The fourth-order valence-electron chi connectivity index (χ4n) is 1.62. The largest absolute Gasteiger partial charge is 0.313 e. The maximum Gasteiger partial charge on any atom is 0.211 e. The predicted molar refractivity (Wildman–Crippen MR) is 69.5 cm³/mol. The first-order chi connectivity index (χ1) is 6.99. The summed E-state index contributed by atoms with van der Waals surface area (Å²) in [6.07, 6.45) is 2.96. The Morgan fingerprint density at radius 1 is 1.44 bits per heavy atom. The highest BCUT2D eigenvalue weighted by molar-refractivity contribution is 7.89. The smallest absolute Gasteiger partial charge is 0.211 e. The van der Waals surface area contributed by atoms with E-state index in [9.17, 15) is 8.42 Å². The monoisotopic (exact) mass is 270 g/mol. The molecule has 0 amide bonds. The van der Waals surface area contributed by atoms with Crippen molar-refractivity contribution in [3.8, 4) is 0 Å². The molecule has 0 saturated carbocycles. The van der Waals surface area contributed by atoms with Crippen molar-refractivity contribution in [2.45, 2.75) is 39.2 Å². The highest BCUT2D eigenvalue weighted by Gasteiger charge is 2.17. The summed E-state index contributed by atoms with van der Waals surface area (Å²) in [5.41, 5.74) is 0. The van der Waals surface area contributed by atoms with Crippen LogP contribution in [0.1, 0.15) is 33.1 Å². The van der Waals surface area contributed by atoms with Gasteiger partial charge in [0.2, 0.25) is 10.0 Å². The minimum atomic E-state index is -3.05. The maximum atomic E-state index is 11.6. The maximum absolute atomic E-state index is 11.6. The normalized spacial score (nSPS) is 21.1. The Morgan fingerprint density at radius 3 is 2.62 bits per heavy atom. The van der Waals surface area contributed by atoms with Gasteiger partial charge in [-0.05, 0) is 31.7 Å². The number of hydrogen-bond donors (Lipinski definition) is 2. The Labute approximate surface area is 105 Å². The van der Waals surface area contributed by atoms with Crippen LogP contribution in [0.25, 0.3) is 0 Å². The van der Waals surface area contributed by atoms with E-state index in [4.69, 9.17) is 0 Å². The minimum absolute atomic E-state index is 0. The summed E-state index contributed by atoms with van der Waals surface area (Å²) in [5, 5.41) is 3.27. The van der Waals surface area contributed by atoms with Crippen molar-refractivity contribution in [1.29, 1.82) is 0 Å². The van der Waals surface area contributed by atoms with Crippen molar-refractivity contribution < 1.29 is 8.42 Å². The first kappa shape index (κ1) is 16.2. The van der Waals surface area contributed by atoms with E-state index < -0.39 is 10.0 Å². The van der Waals surface area contributed by atoms with Crippen LogP contribution >= 0.6 is 12.4 Å². The van der Waals surface area contributed by atoms with E-state index >= 15 is 0 Å². The van der Waals surface area contributed by atoms with Crippen LogP contribution in [0.2, 0.25) is 0 Å². The molecule has 1 atom stereocenters. The van der Waals surface area contributed by atoms with Crippen LogP contribution < -0.4 is 10.0 Å². The molecule has 0 bridgehead atoms. The first-order valence-corrected chi connectivity index (χ1v) is 7.35. The van der Waals surface area contributed by atoms with Crippen LogP contribution in [0.3, 0.4) is 0 Å². The zero-order chi connectivity index (χ0) is 11.3. The third-order valence-electron chi connectivity index (χ3n) is 2.68.